The maximum Gasteiger partial charge on any atom is 0.229 e. The highest BCUT2D eigenvalue weighted by atomic mass is 32.2. The monoisotopic (exact) mass is 370 g/mol. The van der Waals surface area contributed by atoms with Gasteiger partial charge in [0.15, 0.2) is 0 Å². The van der Waals surface area contributed by atoms with Crippen LogP contribution in [0, 0.1) is 25.6 Å². The Hall–Kier alpha value is -2.08. The van der Waals surface area contributed by atoms with E-state index in [1.807, 2.05) is 31.7 Å². The maximum absolute atomic E-state index is 13.3. The minimum Gasteiger partial charge on any atom is -0.329 e. The topological polar surface area (TPSA) is 41.1 Å². The molecule has 2 aliphatic rings. The van der Waals surface area contributed by atoms with Crippen molar-refractivity contribution in [2.75, 3.05) is 22.5 Å². The summed E-state index contributed by atoms with van der Waals surface area (Å²) in [5.41, 5.74) is 3.89. The summed E-state index contributed by atoms with van der Waals surface area (Å²) in [6.07, 6.45) is 2.48. The van der Waals surface area contributed by atoms with E-state index >= 15 is 0 Å². The van der Waals surface area contributed by atoms with E-state index in [9.17, 15) is 4.39 Å². The molecule has 1 N–H and O–H groups in total. The number of aromatic nitrogens is 2. The zero-order chi connectivity index (χ0) is 18.3. The molecule has 2 aromatic rings. The van der Waals surface area contributed by atoms with Crippen LogP contribution in [0.5, 0.6) is 0 Å². The van der Waals surface area contributed by atoms with Gasteiger partial charge in [0.2, 0.25) is 5.95 Å². The van der Waals surface area contributed by atoms with Crippen molar-refractivity contribution in [3.63, 3.8) is 0 Å². The van der Waals surface area contributed by atoms with Gasteiger partial charge < -0.3 is 10.2 Å². The molecule has 0 amide bonds. The second-order valence-corrected chi connectivity index (χ2v) is 8.14. The van der Waals surface area contributed by atoms with E-state index in [1.54, 1.807) is 6.07 Å². The molecule has 1 fully saturated rings. The molecule has 3 heterocycles. The molecule has 0 spiro atoms. The van der Waals surface area contributed by atoms with Gasteiger partial charge >= 0.3 is 0 Å². The van der Waals surface area contributed by atoms with E-state index in [-0.39, 0.29) is 5.82 Å². The fourth-order valence-electron chi connectivity index (χ4n) is 3.74. The van der Waals surface area contributed by atoms with E-state index in [2.05, 4.69) is 22.1 Å². The van der Waals surface area contributed by atoms with Gasteiger partial charge in [0.1, 0.15) is 11.6 Å². The number of nitrogens with one attached hydrogen (secondary N) is 1. The number of rotatable bonds is 3. The molecular formula is C20H23FN4S. The Kier molecular flexibility index (Phi) is 4.61. The van der Waals surface area contributed by atoms with Crippen LogP contribution in [0.4, 0.5) is 21.8 Å². The summed E-state index contributed by atoms with van der Waals surface area (Å²) in [6, 6.07) is 6.72. The van der Waals surface area contributed by atoms with Crippen molar-refractivity contribution in [2.24, 2.45) is 5.92 Å². The van der Waals surface area contributed by atoms with E-state index in [0.717, 1.165) is 35.2 Å². The number of hydrogen-bond acceptors (Lipinski definition) is 5. The fraction of sp³-hybridized carbons (Fsp3) is 0.400. The summed E-state index contributed by atoms with van der Waals surface area (Å²) < 4.78 is 13.3. The van der Waals surface area contributed by atoms with Crippen LogP contribution in [-0.2, 0) is 0 Å². The summed E-state index contributed by atoms with van der Waals surface area (Å²) in [5.74, 6) is 3.20. The van der Waals surface area contributed by atoms with E-state index in [0.29, 0.717) is 5.95 Å². The van der Waals surface area contributed by atoms with Gasteiger partial charge in [0.25, 0.3) is 0 Å². The number of aryl methyl sites for hydroxylation is 2. The smallest absolute Gasteiger partial charge is 0.229 e. The van der Waals surface area contributed by atoms with Crippen molar-refractivity contribution in [3.8, 4) is 0 Å². The minimum absolute atomic E-state index is 0.238. The molecule has 1 unspecified atom stereocenters. The molecule has 136 valence electrons. The summed E-state index contributed by atoms with van der Waals surface area (Å²) in [7, 11) is 0. The lowest BCUT2D eigenvalue weighted by Gasteiger charge is -2.33. The van der Waals surface area contributed by atoms with Gasteiger partial charge in [-0.05, 0) is 69.0 Å². The van der Waals surface area contributed by atoms with Gasteiger partial charge in [-0.25, -0.2) is 9.37 Å². The molecule has 4 nitrogen and oxygen atoms in total. The van der Waals surface area contributed by atoms with Gasteiger partial charge in [-0.3, -0.25) is 0 Å². The van der Waals surface area contributed by atoms with Crippen molar-refractivity contribution in [1.82, 2.24) is 9.97 Å². The first kappa shape index (κ1) is 17.3. The van der Waals surface area contributed by atoms with E-state index in [1.165, 1.54) is 41.3 Å². The molecule has 1 aromatic carbocycles. The third-order valence-electron chi connectivity index (χ3n) is 5.11. The van der Waals surface area contributed by atoms with Crippen LogP contribution in [0.3, 0.4) is 0 Å². The van der Waals surface area contributed by atoms with Gasteiger partial charge in [-0.2, -0.15) is 4.98 Å². The summed E-state index contributed by atoms with van der Waals surface area (Å²) in [6.45, 7) is 7.05. The Balaban J connectivity index is 1.65. The Morgan fingerprint density at radius 3 is 2.81 bits per heavy atom. The lowest BCUT2D eigenvalue weighted by Crippen LogP contribution is -2.30. The van der Waals surface area contributed by atoms with Crippen molar-refractivity contribution >= 4 is 29.2 Å². The zero-order valence-electron chi connectivity index (χ0n) is 15.3. The molecule has 0 bridgehead atoms. The number of anilines is 3. The second-order valence-electron chi connectivity index (χ2n) is 7.00. The van der Waals surface area contributed by atoms with Crippen LogP contribution >= 0.6 is 11.8 Å². The molecule has 26 heavy (non-hydrogen) atoms. The average Bonchev–Trinajstić information content (AvgIpc) is 3.07. The number of fused-ring (bicyclic) bond motifs is 1. The molecule has 4 rings (SSSR count). The molecule has 0 saturated carbocycles. The Bertz CT molecular complexity index is 880. The second kappa shape index (κ2) is 6.91. The average molecular weight is 370 g/mol. The lowest BCUT2D eigenvalue weighted by molar-refractivity contribution is 0.549. The highest BCUT2D eigenvalue weighted by Crippen LogP contribution is 2.44. The number of thioether (sulfide) groups is 1. The Labute approximate surface area is 157 Å². The van der Waals surface area contributed by atoms with Crippen LogP contribution in [0.2, 0.25) is 0 Å². The van der Waals surface area contributed by atoms with Gasteiger partial charge in [0, 0.05) is 34.6 Å². The van der Waals surface area contributed by atoms with Crippen molar-refractivity contribution < 1.29 is 4.39 Å². The first-order valence-electron chi connectivity index (χ1n) is 9.01. The Morgan fingerprint density at radius 1 is 1.15 bits per heavy atom. The fourth-order valence-corrected chi connectivity index (χ4v) is 5.15. The highest BCUT2D eigenvalue weighted by molar-refractivity contribution is 8.03. The van der Waals surface area contributed by atoms with Gasteiger partial charge in [-0.15, -0.1) is 11.8 Å². The van der Waals surface area contributed by atoms with Crippen LogP contribution in [-0.4, -0.2) is 22.3 Å². The molecule has 0 radical (unpaired) electrons. The third kappa shape index (κ3) is 3.30. The summed E-state index contributed by atoms with van der Waals surface area (Å²) in [5, 5.41) is 3.24. The van der Waals surface area contributed by atoms with E-state index < -0.39 is 0 Å². The molecule has 1 saturated heterocycles. The third-order valence-corrected chi connectivity index (χ3v) is 6.49. The molecule has 1 aromatic heterocycles. The number of nitrogens with zero attached hydrogens (tertiary/aromatic N) is 3. The van der Waals surface area contributed by atoms with Gasteiger partial charge in [-0.1, -0.05) is 0 Å². The number of hydrogen-bond donors (Lipinski definition) is 1. The van der Waals surface area contributed by atoms with Crippen molar-refractivity contribution in [1.29, 1.82) is 0 Å². The standard InChI is InChI=1S/C20H23FN4S/c1-12-10-16(21)4-5-17(12)23-20-22-13(2)11-18(24-20)25-8-6-15-7-9-26-19(15)14(25)3/h4-5,10-11,15H,6-9H2,1-3H3,(H,22,23,24). The quantitative estimate of drug-likeness (QED) is 0.807. The lowest BCUT2D eigenvalue weighted by atomic mass is 9.97. The number of benzene rings is 1. The van der Waals surface area contributed by atoms with Gasteiger partial charge in [0.05, 0.1) is 0 Å². The highest BCUT2D eigenvalue weighted by Gasteiger charge is 2.31. The normalized spacial score (nSPS) is 19.7. The van der Waals surface area contributed by atoms with Crippen molar-refractivity contribution in [2.45, 2.75) is 33.6 Å². The summed E-state index contributed by atoms with van der Waals surface area (Å²) >= 11 is 1.99. The largest absolute Gasteiger partial charge is 0.329 e. The maximum atomic E-state index is 13.3. The first-order chi connectivity index (χ1) is 12.5. The number of allylic oxidation sites excluding steroid dienone is 2. The predicted octanol–water partition coefficient (Wildman–Crippen LogP) is 5.17. The minimum atomic E-state index is -0.238. The van der Waals surface area contributed by atoms with Crippen LogP contribution in [0.25, 0.3) is 0 Å². The predicted molar refractivity (Wildman–Crippen MR) is 106 cm³/mol. The molecular weight excluding hydrogens is 347 g/mol. The molecule has 2 aliphatic heterocycles. The summed E-state index contributed by atoms with van der Waals surface area (Å²) in [4.78, 5) is 13.1. The SMILES string of the molecule is CC1=C2SCCC2CCN1c1cc(C)nc(Nc2ccc(F)cc2C)n1. The van der Waals surface area contributed by atoms with Crippen LogP contribution < -0.4 is 10.2 Å². The molecule has 1 atom stereocenters. The number of halogens is 1. The van der Waals surface area contributed by atoms with Crippen molar-refractivity contribution in [3.05, 3.63) is 51.9 Å². The Morgan fingerprint density at radius 2 is 2.00 bits per heavy atom. The zero-order valence-corrected chi connectivity index (χ0v) is 16.2. The van der Waals surface area contributed by atoms with E-state index in [4.69, 9.17) is 4.98 Å². The molecule has 6 heteroatoms. The van der Waals surface area contributed by atoms with Crippen LogP contribution in [0.15, 0.2) is 34.9 Å². The first-order valence-corrected chi connectivity index (χ1v) is 10.00. The van der Waals surface area contributed by atoms with Crippen LogP contribution in [0.1, 0.15) is 31.0 Å². The molecule has 0 aliphatic carbocycles.